The zero-order valence-corrected chi connectivity index (χ0v) is 17.2. The molecule has 30 heavy (non-hydrogen) atoms. The number of rotatable bonds is 10. The van der Waals surface area contributed by atoms with Crippen molar-refractivity contribution in [2.75, 3.05) is 19.8 Å². The third kappa shape index (κ3) is 7.05. The van der Waals surface area contributed by atoms with Gasteiger partial charge in [-0.2, -0.15) is 13.2 Å². The number of nitrogens with zero attached hydrogens (tertiary/aromatic N) is 2. The van der Waals surface area contributed by atoms with Crippen molar-refractivity contribution in [2.45, 2.75) is 26.9 Å². The number of allylic oxidation sites excluding steroid dienone is 1. The number of benzene rings is 1. The number of nitro benzene ring substituents is 1. The number of non-ortho nitro benzene ring substituents is 1. The average molecular weight is 452 g/mol. The molecule has 0 saturated heterocycles. The molecule has 1 aromatic rings. The van der Waals surface area contributed by atoms with Crippen LogP contribution < -0.4 is 0 Å². The summed E-state index contributed by atoms with van der Waals surface area (Å²) in [7, 11) is -4.62. The lowest BCUT2D eigenvalue weighted by Gasteiger charge is -2.22. The van der Waals surface area contributed by atoms with Gasteiger partial charge in [-0.1, -0.05) is 0 Å². The number of carbonyl (C=O) groups excluding carboxylic acids is 1. The zero-order valence-electron chi connectivity index (χ0n) is 16.3. The number of alkyl halides is 3. The van der Waals surface area contributed by atoms with Gasteiger partial charge in [-0.05, 0) is 32.9 Å². The highest BCUT2D eigenvalue weighted by atomic mass is 31.2. The van der Waals surface area contributed by atoms with E-state index in [1.165, 1.54) is 20.8 Å². The first kappa shape index (κ1) is 25.5. The third-order valence-corrected chi connectivity index (χ3v) is 5.37. The molecule has 0 unspecified atom stereocenters. The molecule has 0 heterocycles. The largest absolute Gasteiger partial charge is 0.463 e. The van der Waals surface area contributed by atoms with Crippen LogP contribution in [0.4, 0.5) is 24.5 Å². The summed E-state index contributed by atoms with van der Waals surface area (Å²) in [4.78, 5) is 25.3. The van der Waals surface area contributed by atoms with Gasteiger partial charge in [-0.25, -0.2) is 9.79 Å². The van der Waals surface area contributed by atoms with E-state index < -0.39 is 35.7 Å². The van der Waals surface area contributed by atoms with Crippen LogP contribution in [0.2, 0.25) is 0 Å². The molecule has 0 atom stereocenters. The summed E-state index contributed by atoms with van der Waals surface area (Å²) in [6.45, 7) is 3.51. The van der Waals surface area contributed by atoms with E-state index in [4.69, 9.17) is 9.05 Å². The van der Waals surface area contributed by atoms with Crippen molar-refractivity contribution in [3.8, 4) is 0 Å². The van der Waals surface area contributed by atoms with Crippen molar-refractivity contribution >= 4 is 30.7 Å². The van der Waals surface area contributed by atoms with Crippen LogP contribution in [0.3, 0.4) is 0 Å². The van der Waals surface area contributed by atoms with Gasteiger partial charge in [0, 0.05) is 18.2 Å². The molecule has 0 amide bonds. The molecular formula is C17H20F3N2O7P. The lowest BCUT2D eigenvalue weighted by Crippen LogP contribution is -2.26. The summed E-state index contributed by atoms with van der Waals surface area (Å²) < 4.78 is 69.2. The molecule has 0 aliphatic rings. The van der Waals surface area contributed by atoms with Crippen molar-refractivity contribution < 1.29 is 41.2 Å². The van der Waals surface area contributed by atoms with E-state index in [-0.39, 0.29) is 31.2 Å². The van der Waals surface area contributed by atoms with Crippen molar-refractivity contribution in [2.24, 2.45) is 4.99 Å². The topological polar surface area (TPSA) is 117 Å². The van der Waals surface area contributed by atoms with Crippen LogP contribution in [-0.2, 0) is 23.1 Å². The Bertz CT molecular complexity index is 857. The Morgan fingerprint density at radius 3 is 2.07 bits per heavy atom. The minimum atomic E-state index is -5.18. The van der Waals surface area contributed by atoms with E-state index in [9.17, 15) is 32.6 Å². The highest BCUT2D eigenvalue weighted by Crippen LogP contribution is 2.58. The molecule has 9 nitrogen and oxygen atoms in total. The number of carbonyl (C=O) groups is 1. The fourth-order valence-electron chi connectivity index (χ4n) is 2.13. The molecule has 1 rings (SSSR count). The highest BCUT2D eigenvalue weighted by molar-refractivity contribution is 7.60. The molecular weight excluding hydrogens is 432 g/mol. The first-order chi connectivity index (χ1) is 14.0. The fourth-order valence-corrected chi connectivity index (χ4v) is 3.87. The Kier molecular flexibility index (Phi) is 9.34. The number of esters is 1. The Hall–Kier alpha value is -2.56. The van der Waals surface area contributed by atoms with E-state index in [1.54, 1.807) is 0 Å². The molecule has 1 aromatic carbocycles. The van der Waals surface area contributed by atoms with Crippen LogP contribution in [0.5, 0.6) is 0 Å². The quantitative estimate of drug-likeness (QED) is 0.123. The number of ether oxygens (including phenoxy) is 1. The lowest BCUT2D eigenvalue weighted by molar-refractivity contribution is -0.384. The predicted molar refractivity (Wildman–Crippen MR) is 102 cm³/mol. The molecule has 0 fully saturated rings. The van der Waals surface area contributed by atoms with E-state index in [0.717, 1.165) is 24.3 Å². The summed E-state index contributed by atoms with van der Waals surface area (Å²) in [5, 5.41) is 9.59. The van der Waals surface area contributed by atoms with E-state index in [2.05, 4.69) is 9.73 Å². The van der Waals surface area contributed by atoms with Gasteiger partial charge in [0.25, 0.3) is 5.69 Å². The van der Waals surface area contributed by atoms with Gasteiger partial charge in [-0.15, -0.1) is 0 Å². The van der Waals surface area contributed by atoms with Gasteiger partial charge < -0.3 is 13.8 Å². The molecule has 0 aliphatic heterocycles. The van der Waals surface area contributed by atoms with E-state index >= 15 is 0 Å². The van der Waals surface area contributed by atoms with Crippen LogP contribution in [0.1, 0.15) is 20.8 Å². The lowest BCUT2D eigenvalue weighted by atomic mass is 10.2. The molecule has 0 aromatic heterocycles. The van der Waals surface area contributed by atoms with Gasteiger partial charge >= 0.3 is 19.7 Å². The Morgan fingerprint density at radius 1 is 1.13 bits per heavy atom. The SMILES string of the molecule is CCOC(=O)/C=C(\C(=Nc1ccc([N+](=O)[O-])cc1)C(F)(F)F)P(=O)(OCC)OCC. The second-order valence-electron chi connectivity index (χ2n) is 5.35. The predicted octanol–water partition coefficient (Wildman–Crippen LogP) is 4.94. The minimum Gasteiger partial charge on any atom is -0.463 e. The maximum Gasteiger partial charge on any atom is 0.434 e. The maximum absolute atomic E-state index is 13.8. The molecule has 0 N–H and O–H groups in total. The molecule has 0 radical (unpaired) electrons. The number of nitro groups is 1. The zero-order chi connectivity index (χ0) is 22.9. The standard InChI is InChI=1S/C17H20F3N2O7P/c1-4-27-15(23)11-14(30(26,28-5-2)29-6-3)16(17(18,19)20)21-12-7-9-13(10-8-12)22(24)25/h7-11H,4-6H2,1-3H3/b14-11+,21-16?. The summed E-state index contributed by atoms with van der Waals surface area (Å²) in [6, 6.07) is 3.84. The highest BCUT2D eigenvalue weighted by Gasteiger charge is 2.47. The van der Waals surface area contributed by atoms with Crippen LogP contribution >= 0.6 is 7.60 Å². The molecule has 0 aliphatic carbocycles. The van der Waals surface area contributed by atoms with Crippen LogP contribution in [-0.4, -0.2) is 42.6 Å². The summed E-state index contributed by atoms with van der Waals surface area (Å²) in [5.41, 5.74) is -2.41. The van der Waals surface area contributed by atoms with Gasteiger partial charge in [0.2, 0.25) is 0 Å². The smallest absolute Gasteiger partial charge is 0.434 e. The van der Waals surface area contributed by atoms with E-state index in [1.807, 2.05) is 0 Å². The van der Waals surface area contributed by atoms with E-state index in [0.29, 0.717) is 6.08 Å². The van der Waals surface area contributed by atoms with Crippen LogP contribution in [0.25, 0.3) is 0 Å². The van der Waals surface area contributed by atoms with Crippen molar-refractivity contribution in [1.82, 2.24) is 0 Å². The second kappa shape index (κ2) is 11.0. The average Bonchev–Trinajstić information content (AvgIpc) is 2.64. The Balaban J connectivity index is 3.71. The summed E-state index contributed by atoms with van der Waals surface area (Å²) in [5.74, 6) is -1.20. The maximum atomic E-state index is 13.8. The normalized spacial score (nSPS) is 13.3. The number of aliphatic imine (C=N–C) groups is 1. The molecule has 13 heteroatoms. The summed E-state index contributed by atoms with van der Waals surface area (Å²) in [6.07, 6.45) is -4.81. The molecule has 0 saturated carbocycles. The van der Waals surface area contributed by atoms with Crippen molar-refractivity contribution in [1.29, 1.82) is 0 Å². The van der Waals surface area contributed by atoms with Gasteiger partial charge in [0.05, 0.1) is 30.4 Å². The molecule has 166 valence electrons. The van der Waals surface area contributed by atoms with Gasteiger partial charge in [0.15, 0.2) is 5.71 Å². The molecule has 0 bridgehead atoms. The van der Waals surface area contributed by atoms with Crippen LogP contribution in [0, 0.1) is 10.1 Å². The number of hydrogen-bond donors (Lipinski definition) is 0. The minimum absolute atomic E-state index is 0.142. The van der Waals surface area contributed by atoms with Crippen molar-refractivity contribution in [3.63, 3.8) is 0 Å². The van der Waals surface area contributed by atoms with Gasteiger partial charge in [0.1, 0.15) is 5.31 Å². The van der Waals surface area contributed by atoms with Crippen LogP contribution in [0.15, 0.2) is 40.6 Å². The molecule has 0 spiro atoms. The number of hydrogen-bond acceptors (Lipinski definition) is 8. The third-order valence-electron chi connectivity index (χ3n) is 3.25. The first-order valence-electron chi connectivity index (χ1n) is 8.67. The number of halogens is 3. The van der Waals surface area contributed by atoms with Gasteiger partial charge in [-0.3, -0.25) is 14.7 Å². The second-order valence-corrected chi connectivity index (χ2v) is 7.34. The first-order valence-corrected chi connectivity index (χ1v) is 10.2. The Labute approximate surface area is 170 Å². The van der Waals surface area contributed by atoms with Crippen molar-refractivity contribution in [3.05, 3.63) is 45.8 Å². The summed E-state index contributed by atoms with van der Waals surface area (Å²) >= 11 is 0. The Morgan fingerprint density at radius 2 is 1.67 bits per heavy atom. The fraction of sp³-hybridized carbons (Fsp3) is 0.412. The monoisotopic (exact) mass is 452 g/mol.